The first-order valence-electron chi connectivity index (χ1n) is 8.89. The topological polar surface area (TPSA) is 73.2 Å². The van der Waals surface area contributed by atoms with Crippen LogP contribution in [0.25, 0.3) is 5.57 Å². The summed E-state index contributed by atoms with van der Waals surface area (Å²) in [6, 6.07) is 20.7. The van der Waals surface area contributed by atoms with E-state index in [9.17, 15) is 14.0 Å². The van der Waals surface area contributed by atoms with E-state index in [2.05, 4.69) is 21.2 Å². The number of halogens is 2. The average molecular weight is 462 g/mol. The van der Waals surface area contributed by atoms with Crippen LogP contribution in [0.4, 0.5) is 15.8 Å². The monoisotopic (exact) mass is 461 g/mol. The summed E-state index contributed by atoms with van der Waals surface area (Å²) < 4.78 is 14.2. The SMILES string of the molecule is N#Cc1ccc(N2C(=O)C(Nc3cccc(Br)c3)=C(c3ccc(F)cc3)C2=O)cc1. The number of nitrogens with zero attached hydrogens (tertiary/aromatic N) is 2. The molecule has 1 aliphatic heterocycles. The summed E-state index contributed by atoms with van der Waals surface area (Å²) in [6.07, 6.45) is 0. The first kappa shape index (κ1) is 19.6. The van der Waals surface area contributed by atoms with Crippen molar-refractivity contribution in [2.24, 2.45) is 0 Å². The van der Waals surface area contributed by atoms with Gasteiger partial charge in [0, 0.05) is 10.2 Å². The molecular formula is C23H13BrFN3O2. The van der Waals surface area contributed by atoms with Crippen LogP contribution in [-0.2, 0) is 9.59 Å². The zero-order chi connectivity index (χ0) is 21.3. The van der Waals surface area contributed by atoms with Crippen LogP contribution in [0, 0.1) is 17.1 Å². The summed E-state index contributed by atoms with van der Waals surface area (Å²) in [4.78, 5) is 27.5. The smallest absolute Gasteiger partial charge is 0.282 e. The lowest BCUT2D eigenvalue weighted by Crippen LogP contribution is -2.32. The Bertz CT molecular complexity index is 1230. The number of rotatable bonds is 4. The van der Waals surface area contributed by atoms with E-state index >= 15 is 0 Å². The standard InChI is InChI=1S/C23H13BrFN3O2/c24-16-2-1-3-18(12-16)27-21-20(15-6-8-17(25)9-7-15)22(29)28(23(21)30)19-10-4-14(13-26)5-11-19/h1-12,27H. The molecule has 0 aromatic heterocycles. The van der Waals surface area contributed by atoms with Crippen molar-refractivity contribution >= 4 is 44.7 Å². The zero-order valence-corrected chi connectivity index (χ0v) is 17.0. The third-order valence-electron chi connectivity index (χ3n) is 4.57. The largest absolute Gasteiger partial charge is 0.350 e. The maximum absolute atomic E-state index is 13.4. The molecule has 1 N–H and O–H groups in total. The fourth-order valence-corrected chi connectivity index (χ4v) is 3.56. The first-order valence-corrected chi connectivity index (χ1v) is 9.69. The minimum Gasteiger partial charge on any atom is -0.350 e. The number of hydrogen-bond acceptors (Lipinski definition) is 4. The summed E-state index contributed by atoms with van der Waals surface area (Å²) in [7, 11) is 0. The van der Waals surface area contributed by atoms with Crippen LogP contribution in [0.5, 0.6) is 0 Å². The Labute approximate surface area is 180 Å². The van der Waals surface area contributed by atoms with Crippen molar-refractivity contribution < 1.29 is 14.0 Å². The zero-order valence-electron chi connectivity index (χ0n) is 15.4. The molecule has 0 spiro atoms. The molecule has 0 bridgehead atoms. The van der Waals surface area contributed by atoms with Crippen LogP contribution >= 0.6 is 15.9 Å². The number of hydrogen-bond donors (Lipinski definition) is 1. The number of amides is 2. The van der Waals surface area contributed by atoms with Crippen molar-refractivity contribution in [1.29, 1.82) is 5.26 Å². The Hall–Kier alpha value is -3.76. The van der Waals surface area contributed by atoms with Gasteiger partial charge in [-0.25, -0.2) is 9.29 Å². The third kappa shape index (κ3) is 3.61. The highest BCUT2D eigenvalue weighted by Crippen LogP contribution is 2.34. The maximum Gasteiger partial charge on any atom is 0.282 e. The molecule has 0 atom stereocenters. The van der Waals surface area contributed by atoms with Gasteiger partial charge in [-0.05, 0) is 60.2 Å². The summed E-state index contributed by atoms with van der Waals surface area (Å²) in [5, 5.41) is 12.0. The van der Waals surface area contributed by atoms with Crippen molar-refractivity contribution in [2.45, 2.75) is 0 Å². The Kier molecular flexibility index (Phi) is 5.17. The van der Waals surface area contributed by atoms with Crippen molar-refractivity contribution in [1.82, 2.24) is 0 Å². The molecule has 1 heterocycles. The number of benzene rings is 3. The van der Waals surface area contributed by atoms with E-state index in [1.807, 2.05) is 12.1 Å². The summed E-state index contributed by atoms with van der Waals surface area (Å²) in [5.41, 5.74) is 2.02. The Balaban J connectivity index is 1.81. The molecule has 0 radical (unpaired) electrons. The van der Waals surface area contributed by atoms with Gasteiger partial charge in [-0.1, -0.05) is 34.1 Å². The van der Waals surface area contributed by atoms with E-state index in [0.717, 1.165) is 9.37 Å². The molecule has 0 saturated carbocycles. The molecular weight excluding hydrogens is 449 g/mol. The van der Waals surface area contributed by atoms with Gasteiger partial charge in [-0.2, -0.15) is 5.26 Å². The molecule has 5 nitrogen and oxygen atoms in total. The minimum absolute atomic E-state index is 0.0917. The number of carbonyl (C=O) groups excluding carboxylic acids is 2. The molecule has 7 heteroatoms. The molecule has 30 heavy (non-hydrogen) atoms. The fraction of sp³-hybridized carbons (Fsp3) is 0. The van der Waals surface area contributed by atoms with Crippen LogP contribution in [-0.4, -0.2) is 11.8 Å². The van der Waals surface area contributed by atoms with Crippen LogP contribution in [0.2, 0.25) is 0 Å². The van der Waals surface area contributed by atoms with Crippen molar-refractivity contribution in [2.75, 3.05) is 10.2 Å². The van der Waals surface area contributed by atoms with Gasteiger partial charge in [-0.15, -0.1) is 0 Å². The van der Waals surface area contributed by atoms with Crippen LogP contribution in [0.3, 0.4) is 0 Å². The van der Waals surface area contributed by atoms with Gasteiger partial charge in [0.2, 0.25) is 0 Å². The number of carbonyl (C=O) groups is 2. The highest BCUT2D eigenvalue weighted by atomic mass is 79.9. The van der Waals surface area contributed by atoms with E-state index in [-0.39, 0.29) is 11.3 Å². The summed E-state index contributed by atoms with van der Waals surface area (Å²) in [5.74, 6) is -1.51. The Morgan fingerprint density at radius 1 is 0.933 bits per heavy atom. The van der Waals surface area contributed by atoms with Crippen LogP contribution in [0.1, 0.15) is 11.1 Å². The molecule has 0 saturated heterocycles. The fourth-order valence-electron chi connectivity index (χ4n) is 3.16. The average Bonchev–Trinajstić information content (AvgIpc) is 2.98. The quantitative estimate of drug-likeness (QED) is 0.563. The van der Waals surface area contributed by atoms with Crippen molar-refractivity contribution in [3.8, 4) is 6.07 Å². The molecule has 3 aromatic rings. The second-order valence-corrected chi connectivity index (χ2v) is 7.41. The van der Waals surface area contributed by atoms with Crippen molar-refractivity contribution in [3.05, 3.63) is 99.9 Å². The third-order valence-corrected chi connectivity index (χ3v) is 5.06. The van der Waals surface area contributed by atoms with Gasteiger partial charge in [0.1, 0.15) is 11.5 Å². The first-order chi connectivity index (χ1) is 14.5. The molecule has 1 aliphatic rings. The van der Waals surface area contributed by atoms with E-state index in [1.54, 1.807) is 30.3 Å². The molecule has 3 aromatic carbocycles. The van der Waals surface area contributed by atoms with E-state index in [0.29, 0.717) is 22.5 Å². The van der Waals surface area contributed by atoms with E-state index in [1.165, 1.54) is 36.4 Å². The number of nitriles is 1. The predicted octanol–water partition coefficient (Wildman–Crippen LogP) is 4.86. The van der Waals surface area contributed by atoms with Gasteiger partial charge >= 0.3 is 0 Å². The lowest BCUT2D eigenvalue weighted by molar-refractivity contribution is -0.120. The second kappa shape index (κ2) is 7.93. The summed E-state index contributed by atoms with van der Waals surface area (Å²) in [6.45, 7) is 0. The molecule has 0 fully saturated rings. The lowest BCUT2D eigenvalue weighted by atomic mass is 10.0. The minimum atomic E-state index is -0.538. The van der Waals surface area contributed by atoms with Gasteiger partial charge in [0.05, 0.1) is 22.9 Å². The molecule has 2 amide bonds. The van der Waals surface area contributed by atoms with E-state index < -0.39 is 17.6 Å². The molecule has 0 unspecified atom stereocenters. The molecule has 0 aliphatic carbocycles. The number of anilines is 2. The maximum atomic E-state index is 13.4. The number of nitrogens with one attached hydrogen (secondary N) is 1. The normalized spacial score (nSPS) is 13.6. The Morgan fingerprint density at radius 2 is 1.63 bits per heavy atom. The van der Waals surface area contributed by atoms with Crippen molar-refractivity contribution in [3.63, 3.8) is 0 Å². The van der Waals surface area contributed by atoms with Crippen LogP contribution < -0.4 is 10.2 Å². The van der Waals surface area contributed by atoms with Gasteiger partial charge < -0.3 is 5.32 Å². The Morgan fingerprint density at radius 3 is 2.27 bits per heavy atom. The second-order valence-electron chi connectivity index (χ2n) is 6.50. The summed E-state index contributed by atoms with van der Waals surface area (Å²) >= 11 is 3.38. The molecule has 4 rings (SSSR count). The highest BCUT2D eigenvalue weighted by molar-refractivity contribution is 9.10. The lowest BCUT2D eigenvalue weighted by Gasteiger charge is -2.15. The van der Waals surface area contributed by atoms with Gasteiger partial charge in [-0.3, -0.25) is 9.59 Å². The van der Waals surface area contributed by atoms with Crippen LogP contribution in [0.15, 0.2) is 83.0 Å². The van der Waals surface area contributed by atoms with Gasteiger partial charge in [0.25, 0.3) is 11.8 Å². The van der Waals surface area contributed by atoms with Gasteiger partial charge in [0.15, 0.2) is 0 Å². The predicted molar refractivity (Wildman–Crippen MR) is 115 cm³/mol. The van der Waals surface area contributed by atoms with E-state index in [4.69, 9.17) is 5.26 Å². The highest BCUT2D eigenvalue weighted by Gasteiger charge is 2.40. The molecule has 146 valence electrons. The number of imide groups is 1.